The zero-order valence-electron chi connectivity index (χ0n) is 11.9. The van der Waals surface area contributed by atoms with Crippen molar-refractivity contribution in [2.45, 2.75) is 52.8 Å². The lowest BCUT2D eigenvalue weighted by molar-refractivity contribution is -0.114. The summed E-state index contributed by atoms with van der Waals surface area (Å²) in [5, 5.41) is 7.90. The van der Waals surface area contributed by atoms with Crippen molar-refractivity contribution in [3.63, 3.8) is 0 Å². The summed E-state index contributed by atoms with van der Waals surface area (Å²) >= 11 is 0. The molecule has 1 aromatic heterocycles. The highest BCUT2D eigenvalue weighted by Crippen LogP contribution is 2.42. The Morgan fingerprint density at radius 2 is 2.33 bits per heavy atom. The summed E-state index contributed by atoms with van der Waals surface area (Å²) in [5.41, 5.74) is 1.46. The highest BCUT2D eigenvalue weighted by molar-refractivity contribution is 5.03. The van der Waals surface area contributed by atoms with Gasteiger partial charge in [0.1, 0.15) is 0 Å². The van der Waals surface area contributed by atoms with Crippen LogP contribution in [-0.4, -0.2) is 35.1 Å². The number of aromatic nitrogens is 2. The van der Waals surface area contributed by atoms with E-state index in [1.807, 2.05) is 10.9 Å². The summed E-state index contributed by atoms with van der Waals surface area (Å²) in [6, 6.07) is 0.561. The minimum absolute atomic E-state index is 0.246. The number of ether oxygens (including phenoxy) is 1. The smallest absolute Gasteiger partial charge is 0.0655 e. The van der Waals surface area contributed by atoms with E-state index in [2.05, 4.69) is 44.3 Å². The molecule has 2 atom stereocenters. The van der Waals surface area contributed by atoms with Gasteiger partial charge in [-0.05, 0) is 25.8 Å². The van der Waals surface area contributed by atoms with E-state index in [9.17, 15) is 0 Å². The number of nitrogens with zero attached hydrogens (tertiary/aromatic N) is 2. The summed E-state index contributed by atoms with van der Waals surface area (Å²) in [4.78, 5) is 0. The normalized spacial score (nSPS) is 26.0. The Balaban J connectivity index is 1.72. The second-order valence-electron chi connectivity index (χ2n) is 5.79. The zero-order chi connectivity index (χ0) is 13.2. The van der Waals surface area contributed by atoms with E-state index in [-0.39, 0.29) is 5.41 Å². The molecule has 4 nitrogen and oxygen atoms in total. The van der Waals surface area contributed by atoms with Crippen LogP contribution in [0.3, 0.4) is 0 Å². The van der Waals surface area contributed by atoms with E-state index in [0.29, 0.717) is 12.1 Å². The van der Waals surface area contributed by atoms with Crippen LogP contribution in [0.15, 0.2) is 12.4 Å². The first-order chi connectivity index (χ1) is 8.54. The van der Waals surface area contributed by atoms with Gasteiger partial charge in [0.15, 0.2) is 0 Å². The summed E-state index contributed by atoms with van der Waals surface area (Å²) in [5.74, 6) is 0. The largest absolute Gasteiger partial charge is 0.378 e. The van der Waals surface area contributed by atoms with Crippen molar-refractivity contribution in [3.8, 4) is 0 Å². The van der Waals surface area contributed by atoms with Crippen LogP contribution in [0.25, 0.3) is 0 Å². The predicted octanol–water partition coefficient (Wildman–Crippen LogP) is 1.98. The second kappa shape index (κ2) is 5.41. The average Bonchev–Trinajstić information content (AvgIpc) is 2.73. The van der Waals surface area contributed by atoms with Crippen LogP contribution in [0.4, 0.5) is 0 Å². The molecule has 0 radical (unpaired) electrons. The molecule has 18 heavy (non-hydrogen) atoms. The van der Waals surface area contributed by atoms with Crippen molar-refractivity contribution >= 4 is 0 Å². The van der Waals surface area contributed by atoms with Gasteiger partial charge in [-0.3, -0.25) is 4.68 Å². The molecule has 1 saturated carbocycles. The molecule has 4 heteroatoms. The van der Waals surface area contributed by atoms with Gasteiger partial charge >= 0.3 is 0 Å². The molecule has 0 saturated heterocycles. The van der Waals surface area contributed by atoms with Gasteiger partial charge in [0, 0.05) is 30.8 Å². The molecule has 1 heterocycles. The first-order valence-electron chi connectivity index (χ1n) is 6.88. The lowest BCUT2D eigenvalue weighted by Gasteiger charge is -2.52. The first-order valence-corrected chi connectivity index (χ1v) is 6.88. The third kappa shape index (κ3) is 2.75. The van der Waals surface area contributed by atoms with E-state index in [0.717, 1.165) is 26.1 Å². The maximum Gasteiger partial charge on any atom is 0.0655 e. The summed E-state index contributed by atoms with van der Waals surface area (Å²) in [7, 11) is 0. The molecule has 2 rings (SSSR count). The fourth-order valence-corrected chi connectivity index (χ4v) is 2.66. The average molecular weight is 251 g/mol. The maximum atomic E-state index is 5.73. The Hall–Kier alpha value is -0.870. The molecule has 0 aliphatic heterocycles. The third-order valence-electron chi connectivity index (χ3n) is 4.04. The van der Waals surface area contributed by atoms with Crippen molar-refractivity contribution in [2.24, 2.45) is 5.41 Å². The van der Waals surface area contributed by atoms with E-state index in [1.54, 1.807) is 0 Å². The first kappa shape index (κ1) is 13.6. The molecule has 0 bridgehead atoms. The molecule has 0 spiro atoms. The molecule has 1 N–H and O–H groups in total. The summed E-state index contributed by atoms with van der Waals surface area (Å²) in [6.07, 6.45) is 5.51. The van der Waals surface area contributed by atoms with Crippen molar-refractivity contribution in [2.75, 3.05) is 13.2 Å². The monoisotopic (exact) mass is 251 g/mol. The number of nitrogens with one attached hydrogen (secondary N) is 1. The lowest BCUT2D eigenvalue weighted by Crippen LogP contribution is -2.61. The van der Waals surface area contributed by atoms with E-state index < -0.39 is 0 Å². The minimum Gasteiger partial charge on any atom is -0.378 e. The van der Waals surface area contributed by atoms with Gasteiger partial charge in [-0.1, -0.05) is 13.8 Å². The predicted molar refractivity (Wildman–Crippen MR) is 72.6 cm³/mol. The molecule has 0 amide bonds. The molecule has 1 aliphatic carbocycles. The fraction of sp³-hybridized carbons (Fsp3) is 0.786. The molecule has 102 valence electrons. The number of hydrogen-bond donors (Lipinski definition) is 1. The van der Waals surface area contributed by atoms with Crippen LogP contribution in [0.5, 0.6) is 0 Å². The van der Waals surface area contributed by atoms with Gasteiger partial charge < -0.3 is 10.1 Å². The Morgan fingerprint density at radius 3 is 2.89 bits per heavy atom. The Morgan fingerprint density at radius 1 is 1.56 bits per heavy atom. The van der Waals surface area contributed by atoms with Crippen LogP contribution in [0.1, 0.15) is 32.8 Å². The standard InChI is InChI=1S/C14H25N3O/c1-5-18-13-8-12(14(13,3)4)15-6-7-17-10-11(2)9-16-17/h9-10,12-13,15H,5-8H2,1-4H3. The van der Waals surface area contributed by atoms with E-state index in [1.165, 1.54) is 5.56 Å². The highest BCUT2D eigenvalue weighted by atomic mass is 16.5. The van der Waals surface area contributed by atoms with Crippen LogP contribution in [0.2, 0.25) is 0 Å². The molecular weight excluding hydrogens is 226 g/mol. The van der Waals surface area contributed by atoms with Gasteiger partial charge in [-0.15, -0.1) is 0 Å². The molecule has 2 unspecified atom stereocenters. The van der Waals surface area contributed by atoms with Gasteiger partial charge in [-0.2, -0.15) is 5.10 Å². The second-order valence-corrected chi connectivity index (χ2v) is 5.79. The molecule has 1 aliphatic rings. The van der Waals surface area contributed by atoms with Crippen LogP contribution in [-0.2, 0) is 11.3 Å². The van der Waals surface area contributed by atoms with Crippen LogP contribution in [0, 0.1) is 12.3 Å². The van der Waals surface area contributed by atoms with Crippen molar-refractivity contribution in [1.29, 1.82) is 0 Å². The molecule has 1 aromatic rings. The molecule has 0 aromatic carbocycles. The molecule has 1 fully saturated rings. The number of rotatable bonds is 6. The van der Waals surface area contributed by atoms with Crippen molar-refractivity contribution in [3.05, 3.63) is 18.0 Å². The molecular formula is C14H25N3O. The van der Waals surface area contributed by atoms with Gasteiger partial charge in [0.2, 0.25) is 0 Å². The lowest BCUT2D eigenvalue weighted by atomic mass is 9.64. The Labute approximate surface area is 110 Å². The van der Waals surface area contributed by atoms with Crippen LogP contribution < -0.4 is 5.32 Å². The van der Waals surface area contributed by atoms with E-state index >= 15 is 0 Å². The van der Waals surface area contributed by atoms with Crippen molar-refractivity contribution < 1.29 is 4.74 Å². The topological polar surface area (TPSA) is 39.1 Å². The summed E-state index contributed by atoms with van der Waals surface area (Å²) in [6.45, 7) is 11.4. The third-order valence-corrected chi connectivity index (χ3v) is 4.04. The Bertz CT molecular complexity index is 386. The Kier molecular flexibility index (Phi) is 4.07. The minimum atomic E-state index is 0.246. The van der Waals surface area contributed by atoms with E-state index in [4.69, 9.17) is 4.74 Å². The highest BCUT2D eigenvalue weighted by Gasteiger charge is 2.48. The van der Waals surface area contributed by atoms with Gasteiger partial charge in [-0.25, -0.2) is 0 Å². The number of hydrogen-bond acceptors (Lipinski definition) is 3. The van der Waals surface area contributed by atoms with Crippen LogP contribution >= 0.6 is 0 Å². The van der Waals surface area contributed by atoms with Crippen molar-refractivity contribution in [1.82, 2.24) is 15.1 Å². The fourth-order valence-electron chi connectivity index (χ4n) is 2.66. The summed E-state index contributed by atoms with van der Waals surface area (Å²) < 4.78 is 7.73. The van der Waals surface area contributed by atoms with Gasteiger partial charge in [0.25, 0.3) is 0 Å². The number of aryl methyl sites for hydroxylation is 1. The zero-order valence-corrected chi connectivity index (χ0v) is 11.9. The quantitative estimate of drug-likeness (QED) is 0.840. The van der Waals surface area contributed by atoms with Gasteiger partial charge in [0.05, 0.1) is 18.8 Å². The maximum absolute atomic E-state index is 5.73. The SMILES string of the molecule is CCOC1CC(NCCn2cc(C)cn2)C1(C)C.